The van der Waals surface area contributed by atoms with E-state index < -0.39 is 11.7 Å². The second-order valence-electron chi connectivity index (χ2n) is 3.69. The van der Waals surface area contributed by atoms with E-state index >= 15 is 0 Å². The van der Waals surface area contributed by atoms with Crippen molar-refractivity contribution in [2.75, 3.05) is 5.32 Å². The van der Waals surface area contributed by atoms with Gasteiger partial charge in [0.25, 0.3) is 5.91 Å². The molecule has 0 radical (unpaired) electrons. The Balaban J connectivity index is 2.37. The minimum absolute atomic E-state index is 0.00169. The Labute approximate surface area is 113 Å². The number of carbonyl (C=O) groups is 1. The molecule has 19 heavy (non-hydrogen) atoms. The number of nitrogens with one attached hydrogen (secondary N) is 1. The second-order valence-corrected chi connectivity index (χ2v) is 4.10. The number of rotatable bonds is 2. The summed E-state index contributed by atoms with van der Waals surface area (Å²) in [6.07, 6.45) is 1.30. The summed E-state index contributed by atoms with van der Waals surface area (Å²) in [6.45, 7) is 0. The van der Waals surface area contributed by atoms with Crippen LogP contribution in [0.1, 0.15) is 15.9 Å². The molecular weight excluding hydrogens is 271 g/mol. The molecule has 0 unspecified atom stereocenters. The maximum absolute atomic E-state index is 13.6. The fourth-order valence-corrected chi connectivity index (χ4v) is 1.80. The molecule has 5 nitrogen and oxygen atoms in total. The van der Waals surface area contributed by atoms with Crippen LogP contribution in [0.3, 0.4) is 0 Å². The Morgan fingerprint density at radius 1 is 1.58 bits per heavy atom. The molecule has 1 amide bonds. The quantitative estimate of drug-likeness (QED) is 0.916. The lowest BCUT2D eigenvalue weighted by Crippen LogP contribution is -2.17. The fourth-order valence-electron chi connectivity index (χ4n) is 1.55. The summed E-state index contributed by atoms with van der Waals surface area (Å²) in [7, 11) is 1.55. The SMILES string of the molecule is Cn1ncc(C#N)c1NC(=O)c1c(F)cccc1Cl. The number of hydrogen-bond acceptors (Lipinski definition) is 3. The summed E-state index contributed by atoms with van der Waals surface area (Å²) in [4.78, 5) is 12.0. The number of anilines is 1. The molecule has 2 aromatic rings. The largest absolute Gasteiger partial charge is 0.306 e. The van der Waals surface area contributed by atoms with Crippen molar-refractivity contribution in [3.63, 3.8) is 0 Å². The molecule has 0 spiro atoms. The van der Waals surface area contributed by atoms with Gasteiger partial charge in [-0.2, -0.15) is 10.4 Å². The monoisotopic (exact) mass is 278 g/mol. The summed E-state index contributed by atoms with van der Waals surface area (Å²) in [6, 6.07) is 5.82. The van der Waals surface area contributed by atoms with Crippen LogP contribution in [-0.2, 0) is 7.05 Å². The third kappa shape index (κ3) is 2.41. The smallest absolute Gasteiger partial charge is 0.261 e. The maximum Gasteiger partial charge on any atom is 0.261 e. The van der Waals surface area contributed by atoms with Gasteiger partial charge in [0, 0.05) is 7.05 Å². The van der Waals surface area contributed by atoms with E-state index in [0.717, 1.165) is 6.07 Å². The molecule has 1 aromatic carbocycles. The first kappa shape index (κ1) is 13.1. The molecule has 0 saturated carbocycles. The molecule has 1 aromatic heterocycles. The van der Waals surface area contributed by atoms with Gasteiger partial charge in [0.15, 0.2) is 0 Å². The normalized spacial score (nSPS) is 10.0. The van der Waals surface area contributed by atoms with Crippen LogP contribution in [-0.4, -0.2) is 15.7 Å². The molecule has 0 aliphatic heterocycles. The molecule has 7 heteroatoms. The topological polar surface area (TPSA) is 70.7 Å². The molecule has 0 atom stereocenters. The van der Waals surface area contributed by atoms with Gasteiger partial charge in [-0.25, -0.2) is 4.39 Å². The van der Waals surface area contributed by atoms with E-state index in [-0.39, 0.29) is 22.0 Å². The van der Waals surface area contributed by atoms with Gasteiger partial charge in [0.05, 0.1) is 16.8 Å². The Bertz CT molecular complexity index is 669. The summed E-state index contributed by atoms with van der Waals surface area (Å²) >= 11 is 5.79. The highest BCUT2D eigenvalue weighted by Gasteiger charge is 2.18. The lowest BCUT2D eigenvalue weighted by molar-refractivity contribution is 0.102. The molecule has 1 N–H and O–H groups in total. The first-order valence-corrected chi connectivity index (χ1v) is 5.60. The molecule has 1 heterocycles. The van der Waals surface area contributed by atoms with E-state index in [0.29, 0.717) is 0 Å². The maximum atomic E-state index is 13.6. The third-order valence-electron chi connectivity index (χ3n) is 2.48. The predicted octanol–water partition coefficient (Wildman–Crippen LogP) is 2.34. The van der Waals surface area contributed by atoms with Gasteiger partial charge in [-0.05, 0) is 12.1 Å². The summed E-state index contributed by atoms with van der Waals surface area (Å²) < 4.78 is 14.9. The molecule has 0 bridgehead atoms. The lowest BCUT2D eigenvalue weighted by atomic mass is 10.2. The van der Waals surface area contributed by atoms with Gasteiger partial charge < -0.3 is 5.32 Å². The molecular formula is C12H8ClFN4O. The fraction of sp³-hybridized carbons (Fsp3) is 0.0833. The average molecular weight is 279 g/mol. The Hall–Kier alpha value is -2.39. The van der Waals surface area contributed by atoms with Gasteiger partial charge in [-0.15, -0.1) is 0 Å². The van der Waals surface area contributed by atoms with Crippen molar-refractivity contribution in [3.8, 4) is 6.07 Å². The minimum Gasteiger partial charge on any atom is -0.306 e. The van der Waals surface area contributed by atoms with Gasteiger partial charge >= 0.3 is 0 Å². The number of benzene rings is 1. The van der Waals surface area contributed by atoms with Crippen LogP contribution in [0.25, 0.3) is 0 Å². The van der Waals surface area contributed by atoms with Crippen molar-refractivity contribution in [1.29, 1.82) is 5.26 Å². The number of nitrogens with zero attached hydrogens (tertiary/aromatic N) is 3. The lowest BCUT2D eigenvalue weighted by Gasteiger charge is -2.08. The number of aryl methyl sites for hydroxylation is 1. The van der Waals surface area contributed by atoms with Crippen molar-refractivity contribution in [2.24, 2.45) is 7.05 Å². The van der Waals surface area contributed by atoms with Crippen LogP contribution < -0.4 is 5.32 Å². The Kier molecular flexibility index (Phi) is 3.49. The first-order chi connectivity index (χ1) is 9.04. The third-order valence-corrected chi connectivity index (χ3v) is 2.80. The molecule has 96 valence electrons. The van der Waals surface area contributed by atoms with Crippen LogP contribution in [0.5, 0.6) is 0 Å². The van der Waals surface area contributed by atoms with Crippen molar-refractivity contribution in [1.82, 2.24) is 9.78 Å². The summed E-state index contributed by atoms with van der Waals surface area (Å²) in [5.74, 6) is -1.28. The number of aromatic nitrogens is 2. The molecule has 0 fully saturated rings. The standard InChI is InChI=1S/C12H8ClFN4O/c1-18-11(7(5-15)6-16-18)17-12(19)10-8(13)3-2-4-9(10)14/h2-4,6H,1H3,(H,17,19). The van der Waals surface area contributed by atoms with E-state index in [2.05, 4.69) is 10.4 Å². The van der Waals surface area contributed by atoms with Crippen molar-refractivity contribution in [2.45, 2.75) is 0 Å². The Morgan fingerprint density at radius 2 is 2.32 bits per heavy atom. The molecule has 2 rings (SSSR count). The van der Waals surface area contributed by atoms with E-state index in [1.54, 1.807) is 7.05 Å². The Morgan fingerprint density at radius 3 is 2.95 bits per heavy atom. The number of halogens is 2. The number of carbonyl (C=O) groups excluding carboxylic acids is 1. The van der Waals surface area contributed by atoms with Crippen LogP contribution >= 0.6 is 11.6 Å². The highest BCUT2D eigenvalue weighted by Crippen LogP contribution is 2.21. The van der Waals surface area contributed by atoms with Crippen LogP contribution in [0.2, 0.25) is 5.02 Å². The first-order valence-electron chi connectivity index (χ1n) is 5.22. The summed E-state index contributed by atoms with van der Waals surface area (Å²) in [5, 5.41) is 15.1. The molecule has 0 aliphatic carbocycles. The van der Waals surface area contributed by atoms with E-state index in [9.17, 15) is 9.18 Å². The van der Waals surface area contributed by atoms with E-state index in [1.165, 1.54) is 23.0 Å². The van der Waals surface area contributed by atoms with Gasteiger partial charge in [0.1, 0.15) is 23.3 Å². The second kappa shape index (κ2) is 5.08. The minimum atomic E-state index is -0.733. The zero-order valence-corrected chi connectivity index (χ0v) is 10.6. The average Bonchev–Trinajstić information content (AvgIpc) is 2.70. The van der Waals surface area contributed by atoms with Crippen molar-refractivity contribution < 1.29 is 9.18 Å². The highest BCUT2D eigenvalue weighted by atomic mass is 35.5. The van der Waals surface area contributed by atoms with Crippen LogP contribution in [0, 0.1) is 17.1 Å². The predicted molar refractivity (Wildman–Crippen MR) is 67.3 cm³/mol. The van der Waals surface area contributed by atoms with Gasteiger partial charge in [-0.3, -0.25) is 9.48 Å². The zero-order valence-electron chi connectivity index (χ0n) is 9.82. The highest BCUT2D eigenvalue weighted by molar-refractivity contribution is 6.34. The number of nitriles is 1. The molecule has 0 aliphatic rings. The van der Waals surface area contributed by atoms with Crippen LogP contribution in [0.15, 0.2) is 24.4 Å². The zero-order chi connectivity index (χ0) is 14.0. The van der Waals surface area contributed by atoms with Crippen molar-refractivity contribution in [3.05, 3.63) is 46.4 Å². The van der Waals surface area contributed by atoms with Gasteiger partial charge in [0.2, 0.25) is 0 Å². The molecule has 0 saturated heterocycles. The van der Waals surface area contributed by atoms with E-state index in [1.807, 2.05) is 6.07 Å². The summed E-state index contributed by atoms with van der Waals surface area (Å²) in [5.41, 5.74) is -0.0856. The number of amides is 1. The number of hydrogen-bond donors (Lipinski definition) is 1. The van der Waals surface area contributed by atoms with Gasteiger partial charge in [-0.1, -0.05) is 17.7 Å². The van der Waals surface area contributed by atoms with Crippen LogP contribution in [0.4, 0.5) is 10.2 Å². The van der Waals surface area contributed by atoms with Crippen molar-refractivity contribution >= 4 is 23.3 Å². The van der Waals surface area contributed by atoms with E-state index in [4.69, 9.17) is 16.9 Å².